The van der Waals surface area contributed by atoms with Crippen LogP contribution in [0.3, 0.4) is 0 Å². The first kappa shape index (κ1) is 13.0. The molecule has 0 N–H and O–H groups in total. The highest BCUT2D eigenvalue weighted by Crippen LogP contribution is 2.19. The number of hydrogen-bond donors (Lipinski definition) is 0. The standard InChI is InChI=1S/C9H11BrF3NS/c10-3-4-14(7-9(11,12)13)6-8-2-1-5-15-8/h1-2,5H,3-4,6-7H2. The molecule has 0 aliphatic heterocycles. The Bertz CT molecular complexity index is 273. The van der Waals surface area contributed by atoms with Crippen molar-refractivity contribution in [2.24, 2.45) is 0 Å². The molecule has 0 unspecified atom stereocenters. The minimum absolute atomic E-state index is 0.364. The lowest BCUT2D eigenvalue weighted by Gasteiger charge is -2.21. The van der Waals surface area contributed by atoms with Gasteiger partial charge in [-0.25, -0.2) is 0 Å². The van der Waals surface area contributed by atoms with Crippen molar-refractivity contribution < 1.29 is 13.2 Å². The molecule has 0 bridgehead atoms. The van der Waals surface area contributed by atoms with E-state index in [-0.39, 0.29) is 0 Å². The van der Waals surface area contributed by atoms with Gasteiger partial charge in [-0.3, -0.25) is 4.90 Å². The predicted molar refractivity (Wildman–Crippen MR) is 59.4 cm³/mol. The minimum Gasteiger partial charge on any atom is -0.289 e. The summed E-state index contributed by atoms with van der Waals surface area (Å²) in [5.41, 5.74) is 0. The molecule has 1 aromatic rings. The lowest BCUT2D eigenvalue weighted by molar-refractivity contribution is -0.146. The largest absolute Gasteiger partial charge is 0.401 e. The van der Waals surface area contributed by atoms with Crippen molar-refractivity contribution in [3.63, 3.8) is 0 Å². The van der Waals surface area contributed by atoms with E-state index in [1.54, 1.807) is 0 Å². The summed E-state index contributed by atoms with van der Waals surface area (Å²) in [6, 6.07) is 3.70. The van der Waals surface area contributed by atoms with Crippen LogP contribution in [0.15, 0.2) is 17.5 Å². The summed E-state index contributed by atoms with van der Waals surface area (Å²) in [4.78, 5) is 2.35. The van der Waals surface area contributed by atoms with Crippen molar-refractivity contribution in [1.29, 1.82) is 0 Å². The molecule has 1 rings (SSSR count). The van der Waals surface area contributed by atoms with Crippen molar-refractivity contribution in [2.45, 2.75) is 12.7 Å². The molecule has 0 radical (unpaired) electrons. The highest BCUT2D eigenvalue weighted by atomic mass is 79.9. The van der Waals surface area contributed by atoms with Gasteiger partial charge in [-0.15, -0.1) is 11.3 Å². The number of nitrogens with zero attached hydrogens (tertiary/aromatic N) is 1. The fraction of sp³-hybridized carbons (Fsp3) is 0.556. The zero-order valence-electron chi connectivity index (χ0n) is 7.93. The Morgan fingerprint density at radius 2 is 2.13 bits per heavy atom. The minimum atomic E-state index is -4.13. The highest BCUT2D eigenvalue weighted by molar-refractivity contribution is 9.09. The topological polar surface area (TPSA) is 3.24 Å². The van der Waals surface area contributed by atoms with Crippen LogP contribution in [0.25, 0.3) is 0 Å². The fourth-order valence-electron chi connectivity index (χ4n) is 1.21. The van der Waals surface area contributed by atoms with Crippen molar-refractivity contribution >= 4 is 27.3 Å². The number of halogens is 4. The van der Waals surface area contributed by atoms with Gasteiger partial charge in [0.25, 0.3) is 0 Å². The second-order valence-corrected chi connectivity index (χ2v) is 4.92. The molecule has 0 spiro atoms. The maximum Gasteiger partial charge on any atom is 0.401 e. The lowest BCUT2D eigenvalue weighted by atomic mass is 10.4. The average molecular weight is 302 g/mol. The van der Waals surface area contributed by atoms with Gasteiger partial charge in [-0.1, -0.05) is 22.0 Å². The van der Waals surface area contributed by atoms with E-state index in [4.69, 9.17) is 0 Å². The van der Waals surface area contributed by atoms with Crippen LogP contribution in [-0.2, 0) is 6.54 Å². The lowest BCUT2D eigenvalue weighted by Crippen LogP contribution is -2.34. The van der Waals surface area contributed by atoms with Crippen LogP contribution in [0, 0.1) is 0 Å². The van der Waals surface area contributed by atoms with Gasteiger partial charge in [0.1, 0.15) is 0 Å². The summed E-state index contributed by atoms with van der Waals surface area (Å²) < 4.78 is 36.6. The molecule has 1 heterocycles. The molecule has 0 aliphatic carbocycles. The van der Waals surface area contributed by atoms with Crippen molar-refractivity contribution in [1.82, 2.24) is 4.90 Å². The van der Waals surface area contributed by atoms with Crippen molar-refractivity contribution in [2.75, 3.05) is 18.4 Å². The summed E-state index contributed by atoms with van der Waals surface area (Å²) in [5.74, 6) is 0. The molecular formula is C9H11BrF3NS. The number of thiophene rings is 1. The van der Waals surface area contributed by atoms with Crippen LogP contribution >= 0.6 is 27.3 Å². The van der Waals surface area contributed by atoms with E-state index in [9.17, 15) is 13.2 Å². The van der Waals surface area contributed by atoms with Crippen LogP contribution in [-0.4, -0.2) is 29.5 Å². The number of alkyl halides is 4. The molecule has 86 valence electrons. The van der Waals surface area contributed by atoms with E-state index < -0.39 is 12.7 Å². The van der Waals surface area contributed by atoms with E-state index in [1.807, 2.05) is 17.5 Å². The van der Waals surface area contributed by atoms with E-state index in [0.717, 1.165) is 4.88 Å². The zero-order valence-corrected chi connectivity index (χ0v) is 10.3. The monoisotopic (exact) mass is 301 g/mol. The van der Waals surface area contributed by atoms with Gasteiger partial charge in [0.15, 0.2) is 0 Å². The molecule has 1 nitrogen and oxygen atoms in total. The second kappa shape index (κ2) is 5.86. The first-order valence-corrected chi connectivity index (χ1v) is 6.39. The molecule has 0 atom stereocenters. The van der Waals surface area contributed by atoms with Crippen LogP contribution in [0.5, 0.6) is 0 Å². The van der Waals surface area contributed by atoms with Gasteiger partial charge >= 0.3 is 6.18 Å². The molecular weight excluding hydrogens is 291 g/mol. The molecule has 0 aliphatic rings. The molecule has 0 fully saturated rings. The third-order valence-corrected chi connectivity index (χ3v) is 2.98. The van der Waals surface area contributed by atoms with Gasteiger partial charge in [0, 0.05) is 23.3 Å². The molecule has 0 aromatic carbocycles. The molecule has 15 heavy (non-hydrogen) atoms. The Morgan fingerprint density at radius 1 is 1.40 bits per heavy atom. The smallest absolute Gasteiger partial charge is 0.289 e. The van der Waals surface area contributed by atoms with Crippen molar-refractivity contribution in [3.8, 4) is 0 Å². The van der Waals surface area contributed by atoms with E-state index >= 15 is 0 Å². The Morgan fingerprint density at radius 3 is 2.60 bits per heavy atom. The summed E-state index contributed by atoms with van der Waals surface area (Å²) in [7, 11) is 0. The average Bonchev–Trinajstić information content (AvgIpc) is 2.54. The van der Waals surface area contributed by atoms with Crippen molar-refractivity contribution in [3.05, 3.63) is 22.4 Å². The predicted octanol–water partition coefficient (Wildman–Crippen LogP) is 3.51. The Balaban J connectivity index is 2.51. The van der Waals surface area contributed by atoms with Gasteiger partial charge in [-0.2, -0.15) is 13.2 Å². The Hall–Kier alpha value is -0.0700. The second-order valence-electron chi connectivity index (χ2n) is 3.09. The maximum absolute atomic E-state index is 12.2. The van der Waals surface area contributed by atoms with E-state index in [0.29, 0.717) is 18.4 Å². The third kappa shape index (κ3) is 5.53. The first-order valence-electron chi connectivity index (χ1n) is 4.39. The molecule has 6 heteroatoms. The van der Waals surface area contributed by atoms with Crippen LogP contribution in [0.4, 0.5) is 13.2 Å². The Labute approximate surface area is 99.0 Å². The van der Waals surface area contributed by atoms with Gasteiger partial charge < -0.3 is 0 Å². The SMILES string of the molecule is FC(F)(F)CN(CCBr)Cc1cccs1. The normalized spacial score (nSPS) is 12.3. The summed E-state index contributed by atoms with van der Waals surface area (Å²) >= 11 is 4.63. The zero-order chi connectivity index (χ0) is 11.3. The summed E-state index contributed by atoms with van der Waals surface area (Å²) in [6.07, 6.45) is -4.13. The fourth-order valence-corrected chi connectivity index (χ4v) is 2.46. The first-order chi connectivity index (χ1) is 7.01. The molecule has 1 aromatic heterocycles. The van der Waals surface area contributed by atoms with Crippen LogP contribution < -0.4 is 0 Å². The number of rotatable bonds is 5. The van der Waals surface area contributed by atoms with Crippen LogP contribution in [0.1, 0.15) is 4.88 Å². The molecule has 0 saturated heterocycles. The number of hydrogen-bond acceptors (Lipinski definition) is 2. The highest BCUT2D eigenvalue weighted by Gasteiger charge is 2.30. The third-order valence-electron chi connectivity index (χ3n) is 1.76. The van der Waals surface area contributed by atoms with E-state index in [1.165, 1.54) is 16.2 Å². The quantitative estimate of drug-likeness (QED) is 0.752. The molecule has 0 saturated carbocycles. The van der Waals surface area contributed by atoms with E-state index in [2.05, 4.69) is 15.9 Å². The maximum atomic E-state index is 12.2. The van der Waals surface area contributed by atoms with Gasteiger partial charge in [0.05, 0.1) is 6.54 Å². The Kier molecular flexibility index (Phi) is 5.08. The van der Waals surface area contributed by atoms with Crippen LogP contribution in [0.2, 0.25) is 0 Å². The molecule has 0 amide bonds. The van der Waals surface area contributed by atoms with Gasteiger partial charge in [0.2, 0.25) is 0 Å². The summed E-state index contributed by atoms with van der Waals surface area (Å²) in [5, 5.41) is 2.42. The van der Waals surface area contributed by atoms with Gasteiger partial charge in [-0.05, 0) is 11.4 Å². The summed E-state index contributed by atoms with van der Waals surface area (Å²) in [6.45, 7) is -0.0866.